The molecule has 0 aliphatic carbocycles. The Morgan fingerprint density at radius 1 is 1.35 bits per heavy atom. The summed E-state index contributed by atoms with van der Waals surface area (Å²) in [4.78, 5) is 23.3. The van der Waals surface area contributed by atoms with E-state index in [2.05, 4.69) is 5.32 Å². The molecular weight excluding hydrogens is 301 g/mol. The number of halogens is 1. The molecule has 0 saturated heterocycles. The van der Waals surface area contributed by atoms with Crippen molar-refractivity contribution in [3.05, 3.63) is 35.6 Å². The molecule has 0 saturated carbocycles. The number of nitrogens with one attached hydrogen (secondary N) is 1. The van der Waals surface area contributed by atoms with Crippen LogP contribution in [0.3, 0.4) is 0 Å². The van der Waals surface area contributed by atoms with Crippen molar-refractivity contribution in [2.24, 2.45) is 5.92 Å². The summed E-state index contributed by atoms with van der Waals surface area (Å²) in [6.07, 6.45) is -0.158. The molecule has 0 bridgehead atoms. The molecule has 0 aliphatic heterocycles. The van der Waals surface area contributed by atoms with Crippen LogP contribution >= 0.6 is 0 Å². The average molecular weight is 325 g/mol. The van der Waals surface area contributed by atoms with Crippen LogP contribution in [0.5, 0.6) is 0 Å². The summed E-state index contributed by atoms with van der Waals surface area (Å²) in [6, 6.07) is 5.89. The lowest BCUT2D eigenvalue weighted by atomic mass is 9.84. The summed E-state index contributed by atoms with van der Waals surface area (Å²) in [7, 11) is 0. The number of carbonyl (C=O) groups excluding carboxylic acids is 1. The van der Waals surface area contributed by atoms with Crippen molar-refractivity contribution in [2.75, 3.05) is 6.54 Å². The molecule has 0 spiro atoms. The van der Waals surface area contributed by atoms with Gasteiger partial charge in [-0.2, -0.15) is 0 Å². The highest BCUT2D eigenvalue weighted by Crippen LogP contribution is 2.28. The fraction of sp³-hybridized carbons (Fsp3) is 0.529. The van der Waals surface area contributed by atoms with Crippen LogP contribution < -0.4 is 5.32 Å². The lowest BCUT2D eigenvalue weighted by Crippen LogP contribution is -2.39. The third kappa shape index (κ3) is 6.26. The number of amides is 1. The van der Waals surface area contributed by atoms with Gasteiger partial charge in [0.2, 0.25) is 0 Å². The van der Waals surface area contributed by atoms with E-state index >= 15 is 0 Å². The van der Waals surface area contributed by atoms with Gasteiger partial charge in [0.05, 0.1) is 5.92 Å². The number of benzene rings is 1. The van der Waals surface area contributed by atoms with Gasteiger partial charge in [-0.1, -0.05) is 19.1 Å². The van der Waals surface area contributed by atoms with Crippen LogP contribution in [-0.2, 0) is 9.53 Å². The first kappa shape index (κ1) is 18.9. The highest BCUT2D eigenvalue weighted by atomic mass is 19.1. The zero-order chi connectivity index (χ0) is 17.6. The Kier molecular flexibility index (Phi) is 6.54. The second-order valence-corrected chi connectivity index (χ2v) is 6.40. The van der Waals surface area contributed by atoms with Gasteiger partial charge >= 0.3 is 12.1 Å². The molecule has 2 atom stereocenters. The van der Waals surface area contributed by atoms with Crippen LogP contribution in [0.25, 0.3) is 0 Å². The van der Waals surface area contributed by atoms with Gasteiger partial charge in [0.25, 0.3) is 0 Å². The van der Waals surface area contributed by atoms with Crippen molar-refractivity contribution in [2.45, 2.75) is 45.6 Å². The van der Waals surface area contributed by atoms with Gasteiger partial charge in [0, 0.05) is 6.54 Å². The molecule has 2 N–H and O–H groups in total. The lowest BCUT2D eigenvalue weighted by molar-refractivity contribution is -0.142. The SMILES string of the molecule is CCC(c1cccc(F)c1)C(CNC(=O)OC(C)(C)C)C(=O)O. The highest BCUT2D eigenvalue weighted by Gasteiger charge is 2.29. The Morgan fingerprint density at radius 3 is 2.48 bits per heavy atom. The smallest absolute Gasteiger partial charge is 0.407 e. The van der Waals surface area contributed by atoms with Crippen LogP contribution in [-0.4, -0.2) is 29.3 Å². The normalized spacial score (nSPS) is 14.0. The van der Waals surface area contributed by atoms with E-state index in [-0.39, 0.29) is 6.54 Å². The maximum atomic E-state index is 13.4. The molecule has 1 amide bonds. The van der Waals surface area contributed by atoms with Crippen molar-refractivity contribution >= 4 is 12.1 Å². The minimum atomic E-state index is -1.04. The topological polar surface area (TPSA) is 75.6 Å². The van der Waals surface area contributed by atoms with Crippen LogP contribution in [0.4, 0.5) is 9.18 Å². The molecule has 0 fully saturated rings. The van der Waals surface area contributed by atoms with E-state index in [1.54, 1.807) is 32.9 Å². The lowest BCUT2D eigenvalue weighted by Gasteiger charge is -2.25. The van der Waals surface area contributed by atoms with Crippen LogP contribution in [0.15, 0.2) is 24.3 Å². The van der Waals surface area contributed by atoms with Crippen molar-refractivity contribution in [1.29, 1.82) is 0 Å². The fourth-order valence-corrected chi connectivity index (χ4v) is 2.40. The summed E-state index contributed by atoms with van der Waals surface area (Å²) in [5, 5.41) is 11.9. The number of hydrogen-bond acceptors (Lipinski definition) is 3. The van der Waals surface area contributed by atoms with Crippen LogP contribution in [0, 0.1) is 11.7 Å². The molecule has 1 rings (SSSR count). The molecule has 1 aromatic rings. The van der Waals surface area contributed by atoms with Crippen LogP contribution in [0.2, 0.25) is 0 Å². The first-order valence-corrected chi connectivity index (χ1v) is 7.59. The van der Waals surface area contributed by atoms with E-state index < -0.39 is 35.3 Å². The third-order valence-electron chi connectivity index (χ3n) is 3.38. The molecule has 2 unspecified atom stereocenters. The number of hydrogen-bond donors (Lipinski definition) is 2. The Hall–Kier alpha value is -2.11. The Balaban J connectivity index is 2.84. The highest BCUT2D eigenvalue weighted by molar-refractivity contribution is 5.73. The van der Waals surface area contributed by atoms with Gasteiger partial charge in [-0.3, -0.25) is 4.79 Å². The fourth-order valence-electron chi connectivity index (χ4n) is 2.40. The molecule has 0 heterocycles. The van der Waals surface area contributed by atoms with Crippen molar-refractivity contribution < 1.29 is 23.8 Å². The summed E-state index contributed by atoms with van der Waals surface area (Å²) >= 11 is 0. The number of carbonyl (C=O) groups is 2. The summed E-state index contributed by atoms with van der Waals surface area (Å²) in [6.45, 7) is 6.92. The summed E-state index contributed by atoms with van der Waals surface area (Å²) < 4.78 is 18.5. The predicted octanol–water partition coefficient (Wildman–Crippen LogP) is 3.54. The number of rotatable bonds is 6. The second-order valence-electron chi connectivity index (χ2n) is 6.40. The van der Waals surface area contributed by atoms with Crippen LogP contribution in [0.1, 0.15) is 45.6 Å². The van der Waals surface area contributed by atoms with Gasteiger partial charge in [-0.15, -0.1) is 0 Å². The first-order chi connectivity index (χ1) is 10.6. The quantitative estimate of drug-likeness (QED) is 0.839. The maximum Gasteiger partial charge on any atom is 0.407 e. The molecular formula is C17H24FNO4. The molecule has 5 nitrogen and oxygen atoms in total. The third-order valence-corrected chi connectivity index (χ3v) is 3.38. The van der Waals surface area contributed by atoms with Crippen molar-refractivity contribution in [3.63, 3.8) is 0 Å². The monoisotopic (exact) mass is 325 g/mol. The molecule has 0 aliphatic rings. The van der Waals surface area contributed by atoms with E-state index in [4.69, 9.17) is 4.74 Å². The van der Waals surface area contributed by atoms with Gasteiger partial charge in [0.1, 0.15) is 11.4 Å². The zero-order valence-corrected chi connectivity index (χ0v) is 13.9. The van der Waals surface area contributed by atoms with Crippen molar-refractivity contribution in [3.8, 4) is 0 Å². The van der Waals surface area contributed by atoms with Gasteiger partial charge < -0.3 is 15.2 Å². The molecule has 0 radical (unpaired) electrons. The Morgan fingerprint density at radius 2 is 2.00 bits per heavy atom. The second kappa shape index (κ2) is 7.94. The molecule has 1 aromatic carbocycles. The minimum absolute atomic E-state index is 0.0841. The standard InChI is InChI=1S/C17H24FNO4/c1-5-13(11-7-6-8-12(18)9-11)14(15(20)21)10-19-16(22)23-17(2,3)4/h6-9,13-14H,5,10H2,1-4H3,(H,19,22)(H,20,21). The summed E-state index contributed by atoms with van der Waals surface area (Å²) in [5.74, 6) is -2.73. The first-order valence-electron chi connectivity index (χ1n) is 7.59. The van der Waals surface area contributed by atoms with E-state index in [0.717, 1.165) is 0 Å². The predicted molar refractivity (Wildman–Crippen MR) is 84.8 cm³/mol. The van der Waals surface area contributed by atoms with E-state index in [0.29, 0.717) is 12.0 Å². The molecule has 23 heavy (non-hydrogen) atoms. The number of aliphatic carboxylic acids is 1. The zero-order valence-electron chi connectivity index (χ0n) is 13.9. The Labute approximate surface area is 135 Å². The maximum absolute atomic E-state index is 13.4. The van der Waals surface area contributed by atoms with E-state index in [1.807, 2.05) is 6.92 Å². The number of ether oxygens (including phenoxy) is 1. The molecule has 6 heteroatoms. The number of carboxylic acids is 1. The minimum Gasteiger partial charge on any atom is -0.481 e. The molecule has 0 aromatic heterocycles. The number of alkyl carbamates (subject to hydrolysis) is 1. The average Bonchev–Trinajstić information content (AvgIpc) is 2.41. The van der Waals surface area contributed by atoms with Gasteiger partial charge in [-0.05, 0) is 50.8 Å². The number of carboxylic acid groups (broad SMARTS) is 1. The molecule has 128 valence electrons. The van der Waals surface area contributed by atoms with Gasteiger partial charge in [0.15, 0.2) is 0 Å². The van der Waals surface area contributed by atoms with E-state index in [9.17, 15) is 19.1 Å². The van der Waals surface area contributed by atoms with E-state index in [1.165, 1.54) is 12.1 Å². The largest absolute Gasteiger partial charge is 0.481 e. The van der Waals surface area contributed by atoms with Gasteiger partial charge in [-0.25, -0.2) is 9.18 Å². The van der Waals surface area contributed by atoms with Crippen molar-refractivity contribution in [1.82, 2.24) is 5.32 Å². The Bertz CT molecular complexity index is 554. The summed E-state index contributed by atoms with van der Waals surface area (Å²) in [5.41, 5.74) is -0.0545.